The van der Waals surface area contributed by atoms with Crippen molar-refractivity contribution in [3.8, 4) is 0 Å². The molecule has 3 heterocycles. The van der Waals surface area contributed by atoms with Crippen LogP contribution in [0.5, 0.6) is 0 Å². The van der Waals surface area contributed by atoms with Crippen molar-refractivity contribution in [1.82, 2.24) is 9.80 Å². The molecular formula is C22H26F2N2O3. The molecule has 0 radical (unpaired) electrons. The van der Waals surface area contributed by atoms with Crippen molar-refractivity contribution in [3.05, 3.63) is 59.1 Å². The normalized spacial score (nSPS) is 22.5. The van der Waals surface area contributed by atoms with Gasteiger partial charge in [-0.25, -0.2) is 8.78 Å². The molecule has 1 unspecified atom stereocenters. The molecule has 1 spiro atoms. The van der Waals surface area contributed by atoms with Crippen LogP contribution in [0.25, 0.3) is 0 Å². The van der Waals surface area contributed by atoms with Gasteiger partial charge >= 0.3 is 0 Å². The van der Waals surface area contributed by atoms with Crippen LogP contribution in [-0.4, -0.2) is 49.0 Å². The van der Waals surface area contributed by atoms with Crippen molar-refractivity contribution in [1.29, 1.82) is 0 Å². The molecule has 1 amide bonds. The zero-order valence-electron chi connectivity index (χ0n) is 16.6. The number of methoxy groups -OCH3 is 1. The first-order valence-corrected chi connectivity index (χ1v) is 10.0. The second-order valence-corrected chi connectivity index (χ2v) is 8.24. The number of piperidine rings is 1. The first-order chi connectivity index (χ1) is 14.0. The number of rotatable bonds is 5. The van der Waals surface area contributed by atoms with Crippen LogP contribution < -0.4 is 0 Å². The molecule has 2 fully saturated rings. The number of likely N-dealkylation sites (tertiary alicyclic amines) is 2. The van der Waals surface area contributed by atoms with E-state index in [1.54, 1.807) is 25.3 Å². The second-order valence-electron chi connectivity index (χ2n) is 8.24. The Labute approximate surface area is 169 Å². The standard InChI is InChI=1S/C22H26F2N2O3/c1-28-13-17-4-6-20(29-17)21(27)26-10-8-22(15-26)7-2-9-25(14-22)12-16-3-5-18(23)19(24)11-16/h3-6,11H,2,7-10,12-15H2,1H3. The molecule has 2 saturated heterocycles. The summed E-state index contributed by atoms with van der Waals surface area (Å²) in [5, 5.41) is 0. The van der Waals surface area contributed by atoms with Gasteiger partial charge in [-0.15, -0.1) is 0 Å². The summed E-state index contributed by atoms with van der Waals surface area (Å²) < 4.78 is 37.3. The summed E-state index contributed by atoms with van der Waals surface area (Å²) in [6.45, 7) is 4.11. The zero-order valence-corrected chi connectivity index (χ0v) is 16.6. The molecular weight excluding hydrogens is 378 g/mol. The third-order valence-electron chi connectivity index (χ3n) is 6.02. The highest BCUT2D eigenvalue weighted by atomic mass is 19.2. The van der Waals surface area contributed by atoms with Crippen LogP contribution in [0.3, 0.4) is 0 Å². The number of amides is 1. The maximum Gasteiger partial charge on any atom is 0.289 e. The highest BCUT2D eigenvalue weighted by Crippen LogP contribution is 2.40. The van der Waals surface area contributed by atoms with Gasteiger partial charge in [-0.1, -0.05) is 6.07 Å². The fraction of sp³-hybridized carbons (Fsp3) is 0.500. The Balaban J connectivity index is 1.39. The first kappa shape index (κ1) is 20.0. The summed E-state index contributed by atoms with van der Waals surface area (Å²) in [6, 6.07) is 7.57. The molecule has 1 aromatic carbocycles. The Kier molecular flexibility index (Phi) is 5.69. The van der Waals surface area contributed by atoms with Gasteiger partial charge in [0, 0.05) is 38.7 Å². The second kappa shape index (κ2) is 8.24. The summed E-state index contributed by atoms with van der Waals surface area (Å²) in [6.07, 6.45) is 3.04. The molecule has 0 aliphatic carbocycles. The minimum Gasteiger partial charge on any atom is -0.453 e. The molecule has 29 heavy (non-hydrogen) atoms. The van der Waals surface area contributed by atoms with Gasteiger partial charge in [0.05, 0.1) is 0 Å². The van der Waals surface area contributed by atoms with Crippen LogP contribution in [0.15, 0.2) is 34.7 Å². The van der Waals surface area contributed by atoms with Crippen molar-refractivity contribution in [2.45, 2.75) is 32.4 Å². The Morgan fingerprint density at radius 1 is 1.14 bits per heavy atom. The number of carbonyl (C=O) groups excluding carboxylic acids is 1. The van der Waals surface area contributed by atoms with Crippen LogP contribution in [-0.2, 0) is 17.9 Å². The molecule has 1 aromatic heterocycles. The lowest BCUT2D eigenvalue weighted by atomic mass is 9.79. The summed E-state index contributed by atoms with van der Waals surface area (Å²) in [5.74, 6) is -0.718. The number of benzene rings is 1. The minimum atomic E-state index is -0.819. The van der Waals surface area contributed by atoms with Crippen LogP contribution in [0.2, 0.25) is 0 Å². The summed E-state index contributed by atoms with van der Waals surface area (Å²) in [7, 11) is 1.59. The van der Waals surface area contributed by atoms with E-state index in [0.29, 0.717) is 37.8 Å². The topological polar surface area (TPSA) is 45.9 Å². The van der Waals surface area contributed by atoms with E-state index in [-0.39, 0.29) is 11.3 Å². The fourth-order valence-electron chi connectivity index (χ4n) is 4.65. The van der Waals surface area contributed by atoms with Crippen LogP contribution in [0, 0.1) is 17.0 Å². The maximum absolute atomic E-state index is 13.5. The van der Waals surface area contributed by atoms with Crippen molar-refractivity contribution in [3.63, 3.8) is 0 Å². The quantitative estimate of drug-likeness (QED) is 0.760. The van der Waals surface area contributed by atoms with E-state index in [0.717, 1.165) is 37.9 Å². The lowest BCUT2D eigenvalue weighted by Gasteiger charge is -2.40. The van der Waals surface area contributed by atoms with Gasteiger partial charge in [-0.05, 0) is 55.6 Å². The van der Waals surface area contributed by atoms with Gasteiger partial charge in [0.1, 0.15) is 12.4 Å². The molecule has 0 N–H and O–H groups in total. The largest absolute Gasteiger partial charge is 0.453 e. The average molecular weight is 404 g/mol. The Bertz CT molecular complexity index is 885. The molecule has 0 saturated carbocycles. The van der Waals surface area contributed by atoms with Gasteiger partial charge in [-0.2, -0.15) is 0 Å². The summed E-state index contributed by atoms with van der Waals surface area (Å²) in [4.78, 5) is 17.0. The third-order valence-corrected chi connectivity index (χ3v) is 6.02. The van der Waals surface area contributed by atoms with Crippen LogP contribution in [0.1, 0.15) is 41.1 Å². The fourth-order valence-corrected chi connectivity index (χ4v) is 4.65. The molecule has 7 heteroatoms. The van der Waals surface area contributed by atoms with Crippen molar-refractivity contribution in [2.75, 3.05) is 33.3 Å². The van der Waals surface area contributed by atoms with E-state index < -0.39 is 11.6 Å². The lowest BCUT2D eigenvalue weighted by Crippen LogP contribution is -2.45. The Morgan fingerprint density at radius 2 is 2.00 bits per heavy atom. The molecule has 2 aromatic rings. The smallest absolute Gasteiger partial charge is 0.289 e. The summed E-state index contributed by atoms with van der Waals surface area (Å²) >= 11 is 0. The van der Waals surface area contributed by atoms with Crippen molar-refractivity contribution in [2.24, 2.45) is 5.41 Å². The molecule has 2 aliphatic rings. The zero-order chi connectivity index (χ0) is 20.4. The van der Waals surface area contributed by atoms with Gasteiger partial charge < -0.3 is 14.1 Å². The lowest BCUT2D eigenvalue weighted by molar-refractivity contribution is 0.0645. The SMILES string of the molecule is COCc1ccc(C(=O)N2CCC3(CCCN(Cc4ccc(F)c(F)c4)C3)C2)o1. The third kappa shape index (κ3) is 4.36. The highest BCUT2D eigenvalue weighted by Gasteiger charge is 2.43. The van der Waals surface area contributed by atoms with Crippen LogP contribution >= 0.6 is 0 Å². The monoisotopic (exact) mass is 404 g/mol. The molecule has 1 atom stereocenters. The maximum atomic E-state index is 13.5. The highest BCUT2D eigenvalue weighted by molar-refractivity contribution is 5.91. The van der Waals surface area contributed by atoms with Gasteiger partial charge in [0.25, 0.3) is 5.91 Å². The van der Waals surface area contributed by atoms with Gasteiger partial charge in [0.15, 0.2) is 17.4 Å². The van der Waals surface area contributed by atoms with Crippen molar-refractivity contribution >= 4 is 5.91 Å². The first-order valence-electron chi connectivity index (χ1n) is 10.0. The molecule has 5 nitrogen and oxygen atoms in total. The van der Waals surface area contributed by atoms with E-state index in [1.807, 2.05) is 4.90 Å². The van der Waals surface area contributed by atoms with Gasteiger partial charge in [-0.3, -0.25) is 9.69 Å². The number of carbonyl (C=O) groups is 1. The molecule has 156 valence electrons. The van der Waals surface area contributed by atoms with Gasteiger partial charge in [0.2, 0.25) is 0 Å². The number of hydrogen-bond donors (Lipinski definition) is 0. The predicted molar refractivity (Wildman–Crippen MR) is 103 cm³/mol. The van der Waals surface area contributed by atoms with E-state index in [9.17, 15) is 13.6 Å². The van der Waals surface area contributed by atoms with E-state index in [4.69, 9.17) is 9.15 Å². The number of hydrogen-bond acceptors (Lipinski definition) is 4. The van der Waals surface area contributed by atoms with E-state index >= 15 is 0 Å². The number of furan rings is 1. The van der Waals surface area contributed by atoms with E-state index in [2.05, 4.69) is 4.90 Å². The molecule has 0 bridgehead atoms. The minimum absolute atomic E-state index is 0.0500. The number of halogens is 2. The molecule has 4 rings (SSSR count). The molecule has 2 aliphatic heterocycles. The van der Waals surface area contributed by atoms with E-state index in [1.165, 1.54) is 12.1 Å². The number of nitrogens with zero attached hydrogens (tertiary/aromatic N) is 2. The summed E-state index contributed by atoms with van der Waals surface area (Å²) in [5.41, 5.74) is 0.821. The van der Waals surface area contributed by atoms with Crippen LogP contribution in [0.4, 0.5) is 8.78 Å². The Morgan fingerprint density at radius 3 is 2.79 bits per heavy atom. The average Bonchev–Trinajstić information content (AvgIpc) is 3.32. The van der Waals surface area contributed by atoms with Crippen molar-refractivity contribution < 1.29 is 22.7 Å². The Hall–Kier alpha value is -2.25. The number of ether oxygens (including phenoxy) is 1. The predicted octanol–water partition coefficient (Wildman–Crippen LogP) is 3.83.